The lowest BCUT2D eigenvalue weighted by Gasteiger charge is -2.29. The second kappa shape index (κ2) is 5.65. The zero-order chi connectivity index (χ0) is 12.1. The van der Waals surface area contributed by atoms with Gasteiger partial charge in [0.2, 0.25) is 0 Å². The molecule has 5 nitrogen and oxygen atoms in total. The van der Waals surface area contributed by atoms with Crippen molar-refractivity contribution in [2.75, 3.05) is 16.9 Å². The number of hydrogen-bond acceptors (Lipinski definition) is 5. The third-order valence-electron chi connectivity index (χ3n) is 2.25. The number of nitrogens with two attached hydrogens (primary N) is 1. The molecule has 16 heavy (non-hydrogen) atoms. The van der Waals surface area contributed by atoms with Crippen LogP contribution >= 0.6 is 0 Å². The molecule has 0 spiro atoms. The van der Waals surface area contributed by atoms with Crippen molar-refractivity contribution >= 4 is 11.6 Å². The quantitative estimate of drug-likeness (QED) is 0.586. The Balaban J connectivity index is 2.91. The Labute approximate surface area is 97.0 Å². The zero-order valence-electron chi connectivity index (χ0n) is 10.4. The average Bonchev–Trinajstić information content (AvgIpc) is 2.25. The maximum Gasteiger partial charge on any atom is 0.160 e. The molecule has 0 bridgehead atoms. The van der Waals surface area contributed by atoms with Crippen LogP contribution in [0, 0.1) is 5.92 Å². The fraction of sp³-hybridized carbons (Fsp3) is 0.636. The number of nitrogen functional groups attached to an aromatic ring is 1. The molecule has 0 aliphatic heterocycles. The molecule has 0 aliphatic carbocycles. The standard InChI is InChI=1S/C11H21N5/c1-8(2)7-16(9(3)4)11-6-13-5-10(14-11)15-12/h5-6,8-9H,7,12H2,1-4H3,(H,14,15). The van der Waals surface area contributed by atoms with Gasteiger partial charge in [-0.05, 0) is 19.8 Å². The van der Waals surface area contributed by atoms with Gasteiger partial charge in [-0.3, -0.25) is 4.98 Å². The predicted molar refractivity (Wildman–Crippen MR) is 67.2 cm³/mol. The first-order valence-corrected chi connectivity index (χ1v) is 5.60. The lowest BCUT2D eigenvalue weighted by molar-refractivity contribution is 0.565. The summed E-state index contributed by atoms with van der Waals surface area (Å²) >= 11 is 0. The summed E-state index contributed by atoms with van der Waals surface area (Å²) in [4.78, 5) is 10.7. The third-order valence-corrected chi connectivity index (χ3v) is 2.25. The minimum atomic E-state index is 0.393. The van der Waals surface area contributed by atoms with Crippen molar-refractivity contribution in [3.05, 3.63) is 12.4 Å². The van der Waals surface area contributed by atoms with E-state index in [0.29, 0.717) is 17.8 Å². The van der Waals surface area contributed by atoms with Crippen LogP contribution in [0.2, 0.25) is 0 Å². The lowest BCUT2D eigenvalue weighted by Crippen LogP contribution is -2.35. The number of aromatic nitrogens is 2. The highest BCUT2D eigenvalue weighted by Crippen LogP contribution is 2.16. The molecule has 1 aromatic heterocycles. The van der Waals surface area contributed by atoms with Crippen LogP contribution in [-0.2, 0) is 0 Å². The van der Waals surface area contributed by atoms with Gasteiger partial charge in [-0.25, -0.2) is 10.8 Å². The van der Waals surface area contributed by atoms with Gasteiger partial charge in [-0.15, -0.1) is 0 Å². The summed E-state index contributed by atoms with van der Waals surface area (Å²) in [6.45, 7) is 9.63. The number of anilines is 2. The van der Waals surface area contributed by atoms with E-state index in [1.165, 1.54) is 0 Å². The predicted octanol–water partition coefficient (Wildman–Crippen LogP) is 1.63. The van der Waals surface area contributed by atoms with E-state index in [0.717, 1.165) is 12.4 Å². The summed E-state index contributed by atoms with van der Waals surface area (Å²) in [6, 6.07) is 0.393. The normalized spacial score (nSPS) is 10.9. The first kappa shape index (κ1) is 12.7. The van der Waals surface area contributed by atoms with Crippen LogP contribution in [0.3, 0.4) is 0 Å². The maximum absolute atomic E-state index is 5.33. The van der Waals surface area contributed by atoms with Crippen LogP contribution in [0.4, 0.5) is 11.6 Å². The second-order valence-electron chi connectivity index (χ2n) is 4.55. The topological polar surface area (TPSA) is 67.1 Å². The molecule has 0 saturated heterocycles. The fourth-order valence-electron chi connectivity index (χ4n) is 1.53. The van der Waals surface area contributed by atoms with Gasteiger partial charge in [0, 0.05) is 12.6 Å². The van der Waals surface area contributed by atoms with Crippen molar-refractivity contribution in [2.45, 2.75) is 33.7 Å². The van der Waals surface area contributed by atoms with Gasteiger partial charge < -0.3 is 10.3 Å². The molecule has 3 N–H and O–H groups in total. The number of nitrogens with one attached hydrogen (secondary N) is 1. The van der Waals surface area contributed by atoms with E-state index >= 15 is 0 Å². The van der Waals surface area contributed by atoms with Crippen molar-refractivity contribution in [3.63, 3.8) is 0 Å². The largest absolute Gasteiger partial charge is 0.353 e. The van der Waals surface area contributed by atoms with Crippen molar-refractivity contribution < 1.29 is 0 Å². The SMILES string of the molecule is CC(C)CN(c1cncc(NN)n1)C(C)C. The number of rotatable bonds is 5. The average molecular weight is 223 g/mol. The molecule has 1 aromatic rings. The highest BCUT2D eigenvalue weighted by atomic mass is 15.3. The first-order valence-electron chi connectivity index (χ1n) is 5.60. The Bertz CT molecular complexity index is 324. The molecule has 1 heterocycles. The van der Waals surface area contributed by atoms with Crippen molar-refractivity contribution in [1.29, 1.82) is 0 Å². The third kappa shape index (κ3) is 3.34. The van der Waals surface area contributed by atoms with E-state index in [4.69, 9.17) is 5.84 Å². The summed E-state index contributed by atoms with van der Waals surface area (Å²) < 4.78 is 0. The summed E-state index contributed by atoms with van der Waals surface area (Å²) in [7, 11) is 0. The lowest BCUT2D eigenvalue weighted by atomic mass is 10.2. The molecule has 0 atom stereocenters. The van der Waals surface area contributed by atoms with Gasteiger partial charge >= 0.3 is 0 Å². The van der Waals surface area contributed by atoms with E-state index < -0.39 is 0 Å². The Morgan fingerprint density at radius 2 is 2.00 bits per heavy atom. The first-order chi connectivity index (χ1) is 7.54. The molecule has 0 radical (unpaired) electrons. The van der Waals surface area contributed by atoms with Crippen LogP contribution in [0.5, 0.6) is 0 Å². The van der Waals surface area contributed by atoms with Gasteiger partial charge in [0.25, 0.3) is 0 Å². The summed E-state index contributed by atoms with van der Waals surface area (Å²) in [6.07, 6.45) is 3.38. The van der Waals surface area contributed by atoms with Gasteiger partial charge in [-0.2, -0.15) is 0 Å². The van der Waals surface area contributed by atoms with E-state index in [1.54, 1.807) is 12.4 Å². The van der Waals surface area contributed by atoms with Crippen LogP contribution in [0.15, 0.2) is 12.4 Å². The maximum atomic E-state index is 5.33. The number of nitrogens with zero attached hydrogens (tertiary/aromatic N) is 3. The highest BCUT2D eigenvalue weighted by Gasteiger charge is 2.14. The summed E-state index contributed by atoms with van der Waals surface area (Å²) in [5.74, 6) is 7.36. The molecule has 5 heteroatoms. The Morgan fingerprint density at radius 3 is 2.50 bits per heavy atom. The smallest absolute Gasteiger partial charge is 0.160 e. The molecule has 0 unspecified atom stereocenters. The zero-order valence-corrected chi connectivity index (χ0v) is 10.4. The molecule has 90 valence electrons. The molecule has 0 saturated carbocycles. The minimum absolute atomic E-state index is 0.393. The van der Waals surface area contributed by atoms with E-state index in [-0.39, 0.29) is 0 Å². The highest BCUT2D eigenvalue weighted by molar-refractivity contribution is 5.43. The number of hydrazine groups is 1. The molecular formula is C11H21N5. The fourth-order valence-corrected chi connectivity index (χ4v) is 1.53. The summed E-state index contributed by atoms with van der Waals surface area (Å²) in [5, 5.41) is 0. The summed E-state index contributed by atoms with van der Waals surface area (Å²) in [5.41, 5.74) is 2.51. The monoisotopic (exact) mass is 223 g/mol. The van der Waals surface area contributed by atoms with Gasteiger partial charge in [-0.1, -0.05) is 13.8 Å². The Kier molecular flexibility index (Phi) is 4.49. The van der Waals surface area contributed by atoms with Crippen LogP contribution in [0.25, 0.3) is 0 Å². The second-order valence-corrected chi connectivity index (χ2v) is 4.55. The molecule has 0 aliphatic rings. The van der Waals surface area contributed by atoms with Crippen molar-refractivity contribution in [2.24, 2.45) is 11.8 Å². The van der Waals surface area contributed by atoms with E-state index in [2.05, 4.69) is 48.0 Å². The Morgan fingerprint density at radius 1 is 1.31 bits per heavy atom. The molecule has 1 rings (SSSR count). The van der Waals surface area contributed by atoms with Crippen molar-refractivity contribution in [1.82, 2.24) is 9.97 Å². The van der Waals surface area contributed by atoms with Crippen LogP contribution < -0.4 is 16.2 Å². The van der Waals surface area contributed by atoms with Crippen molar-refractivity contribution in [3.8, 4) is 0 Å². The van der Waals surface area contributed by atoms with E-state index in [9.17, 15) is 0 Å². The van der Waals surface area contributed by atoms with Crippen LogP contribution in [-0.4, -0.2) is 22.6 Å². The van der Waals surface area contributed by atoms with E-state index in [1.807, 2.05) is 0 Å². The van der Waals surface area contributed by atoms with Crippen LogP contribution in [0.1, 0.15) is 27.7 Å². The number of hydrogen-bond donors (Lipinski definition) is 2. The minimum Gasteiger partial charge on any atom is -0.353 e. The molecule has 0 fully saturated rings. The molecular weight excluding hydrogens is 202 g/mol. The Hall–Kier alpha value is -1.36. The molecule has 0 amide bonds. The van der Waals surface area contributed by atoms with Gasteiger partial charge in [0.05, 0.1) is 12.4 Å². The molecule has 0 aromatic carbocycles. The van der Waals surface area contributed by atoms with Gasteiger partial charge in [0.15, 0.2) is 5.82 Å². The van der Waals surface area contributed by atoms with Gasteiger partial charge in [0.1, 0.15) is 5.82 Å².